The lowest BCUT2D eigenvalue weighted by Crippen LogP contribution is -2.41. The first kappa shape index (κ1) is 20.5. The highest BCUT2D eigenvalue weighted by Gasteiger charge is 2.52. The van der Waals surface area contributed by atoms with Crippen molar-refractivity contribution in [1.82, 2.24) is 15.3 Å². The van der Waals surface area contributed by atoms with E-state index in [0.717, 1.165) is 16.9 Å². The van der Waals surface area contributed by atoms with Gasteiger partial charge in [-0.25, -0.2) is 9.78 Å². The molecule has 0 aliphatic carbocycles. The number of amides is 1. The van der Waals surface area contributed by atoms with Crippen molar-refractivity contribution < 1.29 is 18.8 Å². The maximum absolute atomic E-state index is 12.0. The first-order chi connectivity index (χ1) is 11.8. The van der Waals surface area contributed by atoms with E-state index in [1.165, 1.54) is 0 Å². The molecule has 144 valence electrons. The lowest BCUT2D eigenvalue weighted by Gasteiger charge is -2.32. The number of carbonyl (C=O) groups is 1. The molecule has 0 bridgehead atoms. The van der Waals surface area contributed by atoms with E-state index in [1.807, 2.05) is 61.5 Å². The van der Waals surface area contributed by atoms with Crippen molar-refractivity contribution in [3.8, 4) is 0 Å². The summed E-state index contributed by atoms with van der Waals surface area (Å²) in [4.78, 5) is 19.4. The zero-order valence-corrected chi connectivity index (χ0v) is 17.0. The standard InChI is InChI=1S/C18H30BN3O4/c1-12-14(22-11-21-12)9-13(10-20-15(23)24-16(2,3)4)19-25-17(5,6)18(7,8)26-19/h9,11H,10H2,1-8H3,(H,20,23)(H,21,22). The molecule has 1 aliphatic heterocycles. The predicted octanol–water partition coefficient (Wildman–Crippen LogP) is 3.26. The van der Waals surface area contributed by atoms with Crippen LogP contribution in [0.25, 0.3) is 6.08 Å². The third-order valence-corrected chi connectivity index (χ3v) is 4.58. The molecule has 0 aromatic carbocycles. The van der Waals surface area contributed by atoms with E-state index in [1.54, 1.807) is 6.33 Å². The zero-order chi connectivity index (χ0) is 19.8. The summed E-state index contributed by atoms with van der Waals surface area (Å²) in [6, 6.07) is 0. The fourth-order valence-corrected chi connectivity index (χ4v) is 2.38. The summed E-state index contributed by atoms with van der Waals surface area (Å²) in [5, 5.41) is 2.78. The van der Waals surface area contributed by atoms with E-state index >= 15 is 0 Å². The largest absolute Gasteiger partial charge is 0.492 e. The monoisotopic (exact) mass is 363 g/mol. The normalized spacial score (nSPS) is 19.5. The van der Waals surface area contributed by atoms with Gasteiger partial charge in [-0.3, -0.25) is 0 Å². The SMILES string of the molecule is Cc1[nH]cnc1C=C(CNC(=O)OC(C)(C)C)B1OC(C)(C)C(C)(C)O1. The van der Waals surface area contributed by atoms with Crippen LogP contribution in [0.4, 0.5) is 4.79 Å². The Morgan fingerprint density at radius 2 is 1.88 bits per heavy atom. The zero-order valence-electron chi connectivity index (χ0n) is 17.0. The molecular formula is C18H30BN3O4. The molecule has 0 unspecified atom stereocenters. The van der Waals surface area contributed by atoms with Crippen LogP contribution in [0.15, 0.2) is 11.8 Å². The molecule has 1 fully saturated rings. The smallest absolute Gasteiger partial charge is 0.444 e. The average molecular weight is 363 g/mol. The number of carbonyl (C=O) groups excluding carboxylic acids is 1. The third-order valence-electron chi connectivity index (χ3n) is 4.58. The van der Waals surface area contributed by atoms with Crippen LogP contribution in [0.2, 0.25) is 0 Å². The van der Waals surface area contributed by atoms with E-state index < -0.39 is 30.0 Å². The van der Waals surface area contributed by atoms with Crippen molar-refractivity contribution >= 4 is 19.3 Å². The van der Waals surface area contributed by atoms with Crippen molar-refractivity contribution in [3.05, 3.63) is 23.2 Å². The molecule has 0 atom stereocenters. The van der Waals surface area contributed by atoms with Crippen LogP contribution in [0.5, 0.6) is 0 Å². The molecule has 0 saturated carbocycles. The summed E-state index contributed by atoms with van der Waals surface area (Å²) in [7, 11) is -0.578. The molecule has 1 amide bonds. The minimum Gasteiger partial charge on any atom is -0.444 e. The minimum atomic E-state index is -0.578. The molecular weight excluding hydrogens is 333 g/mol. The van der Waals surface area contributed by atoms with Crippen molar-refractivity contribution in [2.24, 2.45) is 0 Å². The number of aryl methyl sites for hydroxylation is 1. The van der Waals surface area contributed by atoms with E-state index in [9.17, 15) is 4.79 Å². The fourth-order valence-electron chi connectivity index (χ4n) is 2.38. The molecule has 1 aromatic rings. The number of nitrogens with zero attached hydrogens (tertiary/aromatic N) is 1. The Hall–Kier alpha value is -1.80. The quantitative estimate of drug-likeness (QED) is 0.802. The van der Waals surface area contributed by atoms with Gasteiger partial charge in [-0.15, -0.1) is 0 Å². The highest BCUT2D eigenvalue weighted by molar-refractivity contribution is 6.56. The number of hydrogen-bond donors (Lipinski definition) is 2. The summed E-state index contributed by atoms with van der Waals surface area (Å²) in [6.07, 6.45) is 3.02. The van der Waals surface area contributed by atoms with E-state index in [2.05, 4.69) is 15.3 Å². The van der Waals surface area contributed by atoms with Crippen molar-refractivity contribution in [2.75, 3.05) is 6.54 Å². The molecule has 1 aliphatic rings. The second-order valence-electron chi connectivity index (χ2n) is 8.58. The lowest BCUT2D eigenvalue weighted by atomic mass is 9.77. The molecule has 1 aromatic heterocycles. The number of H-pyrrole nitrogens is 1. The third kappa shape index (κ3) is 4.89. The van der Waals surface area contributed by atoms with Crippen molar-refractivity contribution in [1.29, 1.82) is 0 Å². The Balaban J connectivity index is 2.20. The van der Waals surface area contributed by atoms with Crippen LogP contribution < -0.4 is 5.32 Å². The van der Waals surface area contributed by atoms with Gasteiger partial charge in [0.25, 0.3) is 0 Å². The summed E-state index contributed by atoms with van der Waals surface area (Å²) in [6.45, 7) is 15.6. The number of aromatic nitrogens is 2. The van der Waals surface area contributed by atoms with Gasteiger partial charge in [-0.2, -0.15) is 0 Å². The van der Waals surface area contributed by atoms with Crippen LogP contribution in [0, 0.1) is 6.92 Å². The first-order valence-electron chi connectivity index (χ1n) is 8.84. The molecule has 26 heavy (non-hydrogen) atoms. The Bertz CT molecular complexity index is 673. The van der Waals surface area contributed by atoms with Crippen LogP contribution in [0.3, 0.4) is 0 Å². The number of rotatable bonds is 4. The molecule has 2 rings (SSSR count). The molecule has 2 N–H and O–H groups in total. The van der Waals surface area contributed by atoms with E-state index in [-0.39, 0.29) is 6.54 Å². The number of hydrogen-bond acceptors (Lipinski definition) is 5. The van der Waals surface area contributed by atoms with Crippen molar-refractivity contribution in [3.63, 3.8) is 0 Å². The van der Waals surface area contributed by atoms with Gasteiger partial charge >= 0.3 is 13.2 Å². The average Bonchev–Trinajstić information content (AvgIpc) is 2.93. The number of nitrogens with one attached hydrogen (secondary N) is 2. The number of alkyl carbamates (subject to hydrolysis) is 1. The van der Waals surface area contributed by atoms with Crippen LogP contribution >= 0.6 is 0 Å². The molecule has 2 heterocycles. The Morgan fingerprint density at radius 3 is 2.35 bits per heavy atom. The Kier molecular flexibility index (Phi) is 5.59. The highest BCUT2D eigenvalue weighted by Crippen LogP contribution is 2.38. The fraction of sp³-hybridized carbons (Fsp3) is 0.667. The molecule has 0 radical (unpaired) electrons. The Morgan fingerprint density at radius 1 is 1.31 bits per heavy atom. The predicted molar refractivity (Wildman–Crippen MR) is 102 cm³/mol. The summed E-state index contributed by atoms with van der Waals surface area (Å²) in [5.74, 6) is 0. The van der Waals surface area contributed by atoms with Gasteiger partial charge in [-0.1, -0.05) is 0 Å². The molecule has 7 nitrogen and oxygen atoms in total. The number of aromatic amines is 1. The van der Waals surface area contributed by atoms with E-state index in [0.29, 0.717) is 0 Å². The second-order valence-corrected chi connectivity index (χ2v) is 8.58. The van der Waals surface area contributed by atoms with Crippen molar-refractivity contribution in [2.45, 2.75) is 72.2 Å². The summed E-state index contributed by atoms with van der Waals surface area (Å²) < 4.78 is 17.6. The van der Waals surface area contributed by atoms with Crippen LogP contribution in [0.1, 0.15) is 59.9 Å². The minimum absolute atomic E-state index is 0.234. The second kappa shape index (κ2) is 7.08. The Labute approximate surface area is 156 Å². The highest BCUT2D eigenvalue weighted by atomic mass is 16.7. The summed E-state index contributed by atoms with van der Waals surface area (Å²) >= 11 is 0. The first-order valence-corrected chi connectivity index (χ1v) is 8.84. The van der Waals surface area contributed by atoms with Gasteiger partial charge in [-0.05, 0) is 66.9 Å². The summed E-state index contributed by atoms with van der Waals surface area (Å²) in [5.41, 5.74) is 0.977. The topological polar surface area (TPSA) is 85.5 Å². The van der Waals surface area contributed by atoms with Gasteiger partial charge in [0.15, 0.2) is 0 Å². The molecule has 1 saturated heterocycles. The molecule has 8 heteroatoms. The number of ether oxygens (including phenoxy) is 1. The van der Waals surface area contributed by atoms with Gasteiger partial charge < -0.3 is 24.3 Å². The number of imidazole rings is 1. The van der Waals surface area contributed by atoms with Crippen LogP contribution in [-0.4, -0.2) is 46.5 Å². The van der Waals surface area contributed by atoms with Crippen LogP contribution in [-0.2, 0) is 14.0 Å². The molecule has 0 spiro atoms. The maximum Gasteiger partial charge on any atom is 0.492 e. The van der Waals surface area contributed by atoms with Gasteiger partial charge in [0, 0.05) is 12.2 Å². The van der Waals surface area contributed by atoms with E-state index in [4.69, 9.17) is 14.0 Å². The lowest BCUT2D eigenvalue weighted by molar-refractivity contribution is 0.00578. The van der Waals surface area contributed by atoms with Gasteiger partial charge in [0.2, 0.25) is 0 Å². The van der Waals surface area contributed by atoms with Gasteiger partial charge in [0.1, 0.15) is 5.60 Å². The maximum atomic E-state index is 12.0. The van der Waals surface area contributed by atoms with Gasteiger partial charge in [0.05, 0.1) is 23.2 Å².